The first kappa shape index (κ1) is 10.9. The molecule has 1 fully saturated rings. The molecule has 1 N–H and O–H groups in total. The van der Waals surface area contributed by atoms with Crippen LogP contribution in [0.15, 0.2) is 22.7 Å². The monoisotopic (exact) mass is 271 g/mol. The third kappa shape index (κ3) is 2.94. The molecule has 0 radical (unpaired) electrons. The van der Waals surface area contributed by atoms with Crippen LogP contribution in [0.4, 0.5) is 10.1 Å². The molecule has 1 aliphatic carbocycles. The predicted molar refractivity (Wildman–Crippen MR) is 64.5 cm³/mol. The zero-order valence-electron chi connectivity index (χ0n) is 8.60. The molecule has 2 rings (SSSR count). The van der Waals surface area contributed by atoms with Crippen LogP contribution in [0.3, 0.4) is 0 Å². The van der Waals surface area contributed by atoms with E-state index in [0.29, 0.717) is 4.47 Å². The molecule has 1 saturated carbocycles. The maximum atomic E-state index is 13.0. The average molecular weight is 272 g/mol. The summed E-state index contributed by atoms with van der Waals surface area (Å²) in [6.45, 7) is 1.01. The van der Waals surface area contributed by atoms with E-state index in [1.54, 1.807) is 12.1 Å². The smallest absolute Gasteiger partial charge is 0.137 e. The lowest BCUT2D eigenvalue weighted by Gasteiger charge is -2.12. The highest BCUT2D eigenvalue weighted by Crippen LogP contribution is 2.26. The zero-order chi connectivity index (χ0) is 10.7. The van der Waals surface area contributed by atoms with Crippen molar-refractivity contribution >= 4 is 21.6 Å². The molecule has 0 bridgehead atoms. The van der Waals surface area contributed by atoms with Gasteiger partial charge >= 0.3 is 0 Å². The summed E-state index contributed by atoms with van der Waals surface area (Å²) in [6, 6.07) is 5.07. The van der Waals surface area contributed by atoms with E-state index < -0.39 is 0 Å². The molecule has 15 heavy (non-hydrogen) atoms. The molecule has 0 heterocycles. The molecule has 82 valence electrons. The van der Waals surface area contributed by atoms with E-state index in [9.17, 15) is 4.39 Å². The molecule has 0 saturated heterocycles. The molecular weight excluding hydrogens is 257 g/mol. The molecule has 0 atom stereocenters. The fourth-order valence-electron chi connectivity index (χ4n) is 2.08. The van der Waals surface area contributed by atoms with Gasteiger partial charge in [-0.3, -0.25) is 0 Å². The third-order valence-electron chi connectivity index (χ3n) is 2.99. The Balaban J connectivity index is 1.90. The molecule has 1 aromatic rings. The zero-order valence-corrected chi connectivity index (χ0v) is 10.2. The van der Waals surface area contributed by atoms with Crippen molar-refractivity contribution < 1.29 is 4.39 Å². The molecule has 3 heteroatoms. The first-order valence-corrected chi connectivity index (χ1v) is 6.24. The summed E-state index contributed by atoms with van der Waals surface area (Å²) in [4.78, 5) is 0. The summed E-state index contributed by atoms with van der Waals surface area (Å²) in [6.07, 6.45) is 5.38. The highest BCUT2D eigenvalue weighted by atomic mass is 79.9. The minimum absolute atomic E-state index is 0.207. The van der Waals surface area contributed by atoms with Crippen LogP contribution in [0.1, 0.15) is 25.7 Å². The quantitative estimate of drug-likeness (QED) is 0.869. The van der Waals surface area contributed by atoms with Crippen LogP contribution in [0.25, 0.3) is 0 Å². The lowest BCUT2D eigenvalue weighted by molar-refractivity contribution is 0.579. The second kappa shape index (κ2) is 4.97. The van der Waals surface area contributed by atoms with Crippen LogP contribution < -0.4 is 5.32 Å². The second-order valence-corrected chi connectivity index (χ2v) is 5.01. The molecular formula is C12H15BrFN. The molecule has 0 unspecified atom stereocenters. The van der Waals surface area contributed by atoms with Gasteiger partial charge in [0.15, 0.2) is 0 Å². The summed E-state index contributed by atoms with van der Waals surface area (Å²) in [5.74, 6) is 0.593. The van der Waals surface area contributed by atoms with Gasteiger partial charge in [0.25, 0.3) is 0 Å². The van der Waals surface area contributed by atoms with Crippen LogP contribution in [-0.2, 0) is 0 Å². The lowest BCUT2D eigenvalue weighted by Crippen LogP contribution is -2.10. The number of hydrogen-bond donors (Lipinski definition) is 1. The summed E-state index contributed by atoms with van der Waals surface area (Å²) in [5.41, 5.74) is 0.996. The van der Waals surface area contributed by atoms with Crippen molar-refractivity contribution in [3.63, 3.8) is 0 Å². The van der Waals surface area contributed by atoms with E-state index in [1.165, 1.54) is 31.7 Å². The largest absolute Gasteiger partial charge is 0.385 e. The molecule has 1 aromatic carbocycles. The number of anilines is 1. The van der Waals surface area contributed by atoms with Gasteiger partial charge in [0.05, 0.1) is 4.47 Å². The van der Waals surface area contributed by atoms with Gasteiger partial charge in [0.2, 0.25) is 0 Å². The van der Waals surface area contributed by atoms with Crippen molar-refractivity contribution in [1.29, 1.82) is 0 Å². The summed E-state index contributed by atoms with van der Waals surface area (Å²) < 4.78 is 13.5. The third-order valence-corrected chi connectivity index (χ3v) is 3.60. The van der Waals surface area contributed by atoms with E-state index in [1.807, 2.05) is 0 Å². The van der Waals surface area contributed by atoms with Crippen molar-refractivity contribution in [2.45, 2.75) is 25.7 Å². The maximum Gasteiger partial charge on any atom is 0.137 e. The van der Waals surface area contributed by atoms with Crippen LogP contribution in [0, 0.1) is 11.7 Å². The Labute approximate surface area is 98.2 Å². The fraction of sp³-hybridized carbons (Fsp3) is 0.500. The Morgan fingerprint density at radius 1 is 1.33 bits per heavy atom. The Morgan fingerprint density at radius 3 is 2.73 bits per heavy atom. The second-order valence-electron chi connectivity index (χ2n) is 4.16. The molecule has 0 aromatic heterocycles. The van der Waals surface area contributed by atoms with Crippen LogP contribution in [0.2, 0.25) is 0 Å². The van der Waals surface area contributed by atoms with Crippen LogP contribution in [0.5, 0.6) is 0 Å². The van der Waals surface area contributed by atoms with E-state index >= 15 is 0 Å². The van der Waals surface area contributed by atoms with Gasteiger partial charge < -0.3 is 5.32 Å². The van der Waals surface area contributed by atoms with Crippen LogP contribution in [-0.4, -0.2) is 6.54 Å². The number of hydrogen-bond acceptors (Lipinski definition) is 1. The fourth-order valence-corrected chi connectivity index (χ4v) is 2.46. The van der Waals surface area contributed by atoms with Gasteiger partial charge in [0.1, 0.15) is 5.82 Å². The van der Waals surface area contributed by atoms with Crippen molar-refractivity contribution in [1.82, 2.24) is 0 Å². The van der Waals surface area contributed by atoms with Gasteiger partial charge in [-0.2, -0.15) is 0 Å². The van der Waals surface area contributed by atoms with E-state index in [4.69, 9.17) is 0 Å². The van der Waals surface area contributed by atoms with E-state index in [2.05, 4.69) is 21.2 Å². The number of benzene rings is 1. The topological polar surface area (TPSA) is 12.0 Å². The van der Waals surface area contributed by atoms with Crippen molar-refractivity contribution in [2.75, 3.05) is 11.9 Å². The Bertz CT molecular complexity index is 334. The number of rotatable bonds is 3. The SMILES string of the molecule is Fc1ccc(NCC2CCCC2)cc1Br. The Hall–Kier alpha value is -0.570. The van der Waals surface area contributed by atoms with Gasteiger partial charge in [-0.25, -0.2) is 4.39 Å². The summed E-state index contributed by atoms with van der Waals surface area (Å²) >= 11 is 3.18. The molecule has 0 spiro atoms. The standard InChI is InChI=1S/C12H15BrFN/c13-11-7-10(5-6-12(11)14)15-8-9-3-1-2-4-9/h5-7,9,15H,1-4,8H2. The van der Waals surface area contributed by atoms with Crippen molar-refractivity contribution in [3.8, 4) is 0 Å². The van der Waals surface area contributed by atoms with Crippen molar-refractivity contribution in [3.05, 3.63) is 28.5 Å². The Kier molecular flexibility index (Phi) is 3.62. The number of halogens is 2. The highest BCUT2D eigenvalue weighted by Gasteiger charge is 2.14. The van der Waals surface area contributed by atoms with E-state index in [0.717, 1.165) is 18.2 Å². The Morgan fingerprint density at radius 2 is 2.07 bits per heavy atom. The summed E-state index contributed by atoms with van der Waals surface area (Å²) in [5, 5.41) is 3.36. The number of nitrogens with one attached hydrogen (secondary N) is 1. The first-order chi connectivity index (χ1) is 7.25. The molecule has 1 aliphatic rings. The van der Waals surface area contributed by atoms with E-state index in [-0.39, 0.29) is 5.82 Å². The lowest BCUT2D eigenvalue weighted by atomic mass is 10.1. The minimum Gasteiger partial charge on any atom is -0.385 e. The molecule has 1 nitrogen and oxygen atoms in total. The summed E-state index contributed by atoms with van der Waals surface area (Å²) in [7, 11) is 0. The maximum absolute atomic E-state index is 13.0. The molecule has 0 amide bonds. The van der Waals surface area contributed by atoms with Gasteiger partial charge in [-0.05, 0) is 52.9 Å². The molecule has 0 aliphatic heterocycles. The minimum atomic E-state index is -0.207. The van der Waals surface area contributed by atoms with Crippen molar-refractivity contribution in [2.24, 2.45) is 5.92 Å². The average Bonchev–Trinajstić information content (AvgIpc) is 2.73. The first-order valence-electron chi connectivity index (χ1n) is 5.44. The van der Waals surface area contributed by atoms with Crippen LogP contribution >= 0.6 is 15.9 Å². The van der Waals surface area contributed by atoms with Gasteiger partial charge in [0, 0.05) is 12.2 Å². The highest BCUT2D eigenvalue weighted by molar-refractivity contribution is 9.10. The predicted octanol–water partition coefficient (Wildman–Crippen LogP) is 4.19. The normalized spacial score (nSPS) is 16.9. The van der Waals surface area contributed by atoms with Gasteiger partial charge in [-0.1, -0.05) is 12.8 Å². The van der Waals surface area contributed by atoms with Gasteiger partial charge in [-0.15, -0.1) is 0 Å².